The molecule has 3 rings (SSSR count). The summed E-state index contributed by atoms with van der Waals surface area (Å²) in [7, 11) is 0. The van der Waals surface area contributed by atoms with Gasteiger partial charge in [0.25, 0.3) is 0 Å². The summed E-state index contributed by atoms with van der Waals surface area (Å²) >= 11 is 0. The smallest absolute Gasteiger partial charge is 0.306 e. The maximum atomic E-state index is 14.4. The van der Waals surface area contributed by atoms with Gasteiger partial charge in [0.1, 0.15) is 11.6 Å². The Kier molecular flexibility index (Phi) is 4.56. The predicted molar refractivity (Wildman–Crippen MR) is 83.4 cm³/mol. The summed E-state index contributed by atoms with van der Waals surface area (Å²) < 4.78 is 27.6. The molecule has 0 atom stereocenters. The molecule has 1 saturated carbocycles. The second-order valence-corrected chi connectivity index (χ2v) is 6.82. The van der Waals surface area contributed by atoms with Crippen LogP contribution in [0.1, 0.15) is 44.1 Å². The van der Waals surface area contributed by atoms with Crippen LogP contribution in [0, 0.1) is 17.6 Å². The van der Waals surface area contributed by atoms with Crippen LogP contribution in [0.3, 0.4) is 0 Å². The van der Waals surface area contributed by atoms with E-state index in [-0.39, 0.29) is 11.5 Å². The molecule has 24 heavy (non-hydrogen) atoms. The molecule has 0 unspecified atom stereocenters. The summed E-state index contributed by atoms with van der Waals surface area (Å²) in [5, 5.41) is 9.08. The lowest BCUT2D eigenvalue weighted by atomic mass is 9.76. The Morgan fingerprint density at radius 2 is 1.75 bits per heavy atom. The van der Waals surface area contributed by atoms with Crippen LogP contribution in [-0.4, -0.2) is 35.0 Å². The highest BCUT2D eigenvalue weighted by molar-refractivity contribution is 5.89. The topological polar surface area (TPSA) is 57.6 Å². The minimum Gasteiger partial charge on any atom is -0.481 e. The number of likely N-dealkylation sites (tertiary alicyclic amines) is 1. The molecule has 1 aromatic rings. The molecule has 0 radical (unpaired) electrons. The van der Waals surface area contributed by atoms with E-state index in [9.17, 15) is 18.4 Å². The molecule has 0 bridgehead atoms. The van der Waals surface area contributed by atoms with Gasteiger partial charge in [-0.15, -0.1) is 0 Å². The molecule has 6 heteroatoms. The van der Waals surface area contributed by atoms with E-state index in [2.05, 4.69) is 0 Å². The van der Waals surface area contributed by atoms with E-state index in [1.54, 1.807) is 4.90 Å². The third kappa shape index (κ3) is 2.89. The first-order valence-corrected chi connectivity index (χ1v) is 8.42. The fourth-order valence-corrected chi connectivity index (χ4v) is 4.09. The van der Waals surface area contributed by atoms with E-state index in [1.165, 1.54) is 12.1 Å². The van der Waals surface area contributed by atoms with Crippen molar-refractivity contribution in [3.05, 3.63) is 35.4 Å². The maximum absolute atomic E-state index is 14.4. The van der Waals surface area contributed by atoms with Crippen molar-refractivity contribution in [1.29, 1.82) is 0 Å². The van der Waals surface area contributed by atoms with Crippen LogP contribution in [0.2, 0.25) is 0 Å². The van der Waals surface area contributed by atoms with E-state index in [0.29, 0.717) is 38.8 Å². The van der Waals surface area contributed by atoms with Gasteiger partial charge in [0.2, 0.25) is 5.91 Å². The van der Waals surface area contributed by atoms with E-state index in [1.807, 2.05) is 0 Å². The van der Waals surface area contributed by atoms with Crippen molar-refractivity contribution < 1.29 is 23.5 Å². The number of piperidine rings is 1. The number of rotatable bonds is 3. The zero-order valence-corrected chi connectivity index (χ0v) is 13.4. The molecule has 1 N–H and O–H groups in total. The first kappa shape index (κ1) is 16.9. The van der Waals surface area contributed by atoms with Gasteiger partial charge in [-0.3, -0.25) is 9.59 Å². The van der Waals surface area contributed by atoms with Gasteiger partial charge in [-0.2, -0.15) is 0 Å². The van der Waals surface area contributed by atoms with Gasteiger partial charge >= 0.3 is 5.97 Å². The molecule has 0 aromatic heterocycles. The van der Waals surface area contributed by atoms with E-state index in [0.717, 1.165) is 18.9 Å². The van der Waals surface area contributed by atoms with Crippen LogP contribution in [0.4, 0.5) is 8.78 Å². The van der Waals surface area contributed by atoms with Crippen molar-refractivity contribution >= 4 is 11.9 Å². The van der Waals surface area contributed by atoms with Gasteiger partial charge in [-0.25, -0.2) is 8.78 Å². The lowest BCUT2D eigenvalue weighted by molar-refractivity contribution is -0.147. The van der Waals surface area contributed by atoms with Crippen molar-refractivity contribution in [3.8, 4) is 0 Å². The Labute approximate surface area is 139 Å². The summed E-state index contributed by atoms with van der Waals surface area (Å²) in [6.07, 6.45) is 3.59. The van der Waals surface area contributed by atoms with Gasteiger partial charge in [-0.1, -0.05) is 18.9 Å². The lowest BCUT2D eigenvalue weighted by Crippen LogP contribution is -2.49. The van der Waals surface area contributed by atoms with Gasteiger partial charge in [0.05, 0.1) is 11.3 Å². The molecule has 4 nitrogen and oxygen atoms in total. The van der Waals surface area contributed by atoms with E-state index in [4.69, 9.17) is 5.11 Å². The average molecular weight is 337 g/mol. The number of carbonyl (C=O) groups excluding carboxylic acids is 1. The zero-order valence-electron chi connectivity index (χ0n) is 13.4. The molecule has 2 aliphatic rings. The molecule has 1 aromatic carbocycles. The van der Waals surface area contributed by atoms with Crippen LogP contribution in [0.5, 0.6) is 0 Å². The molecule has 1 aliphatic carbocycles. The highest BCUT2D eigenvalue weighted by Crippen LogP contribution is 2.44. The van der Waals surface area contributed by atoms with Crippen molar-refractivity contribution in [2.75, 3.05) is 13.1 Å². The van der Waals surface area contributed by atoms with Crippen LogP contribution in [0.15, 0.2) is 18.2 Å². The Morgan fingerprint density at radius 3 is 2.29 bits per heavy atom. The first-order chi connectivity index (χ1) is 11.4. The van der Waals surface area contributed by atoms with Crippen LogP contribution >= 0.6 is 0 Å². The Hall–Kier alpha value is -1.98. The maximum Gasteiger partial charge on any atom is 0.306 e. The van der Waals surface area contributed by atoms with Gasteiger partial charge in [-0.05, 0) is 31.7 Å². The Balaban J connectivity index is 1.86. The number of halogens is 2. The molecular formula is C18H21F2NO3. The summed E-state index contributed by atoms with van der Waals surface area (Å²) in [6, 6.07) is 3.42. The minimum atomic E-state index is -0.937. The number of hydrogen-bond donors (Lipinski definition) is 1. The second-order valence-electron chi connectivity index (χ2n) is 6.82. The largest absolute Gasteiger partial charge is 0.481 e. The predicted octanol–water partition coefficient (Wildman–Crippen LogP) is 3.10. The normalized spacial score (nSPS) is 21.0. The molecule has 130 valence electrons. The number of nitrogens with zero attached hydrogens (tertiary/aromatic N) is 1. The number of benzene rings is 1. The SMILES string of the molecule is O=C(O)C1CCN(C(=O)C2(c3ccc(F)cc3F)CCCC2)CC1. The number of carboxylic acids is 1. The molecule has 1 heterocycles. The summed E-state index contributed by atoms with van der Waals surface area (Å²) in [6.45, 7) is 0.751. The number of amides is 1. The Morgan fingerprint density at radius 1 is 1.12 bits per heavy atom. The Bertz CT molecular complexity index is 648. The van der Waals surface area contributed by atoms with Gasteiger partial charge in [0.15, 0.2) is 0 Å². The second kappa shape index (κ2) is 6.49. The van der Waals surface area contributed by atoms with Crippen molar-refractivity contribution in [1.82, 2.24) is 4.90 Å². The van der Waals surface area contributed by atoms with E-state index >= 15 is 0 Å². The van der Waals surface area contributed by atoms with Gasteiger partial charge in [0, 0.05) is 24.7 Å². The highest BCUT2D eigenvalue weighted by Gasteiger charge is 2.47. The average Bonchev–Trinajstić information content (AvgIpc) is 3.05. The zero-order chi connectivity index (χ0) is 17.3. The molecule has 1 aliphatic heterocycles. The molecule has 2 fully saturated rings. The third-order valence-electron chi connectivity index (χ3n) is 5.44. The number of carbonyl (C=O) groups is 2. The molecular weight excluding hydrogens is 316 g/mol. The lowest BCUT2D eigenvalue weighted by Gasteiger charge is -2.38. The van der Waals surface area contributed by atoms with Crippen LogP contribution in [0.25, 0.3) is 0 Å². The molecule has 0 spiro atoms. The van der Waals surface area contributed by atoms with E-state index < -0.39 is 28.9 Å². The molecule has 1 amide bonds. The first-order valence-electron chi connectivity index (χ1n) is 8.42. The number of carboxylic acid groups (broad SMARTS) is 1. The van der Waals surface area contributed by atoms with Crippen LogP contribution in [-0.2, 0) is 15.0 Å². The standard InChI is InChI=1S/C18H21F2NO3/c19-13-3-4-14(15(20)11-13)18(7-1-2-8-18)17(24)21-9-5-12(6-10-21)16(22)23/h3-4,11-12H,1-2,5-10H2,(H,22,23). The fraction of sp³-hybridized carbons (Fsp3) is 0.556. The molecule has 1 saturated heterocycles. The third-order valence-corrected chi connectivity index (χ3v) is 5.44. The fourth-order valence-electron chi connectivity index (χ4n) is 4.09. The highest BCUT2D eigenvalue weighted by atomic mass is 19.1. The number of hydrogen-bond acceptors (Lipinski definition) is 2. The minimum absolute atomic E-state index is 0.144. The quantitative estimate of drug-likeness (QED) is 0.922. The van der Waals surface area contributed by atoms with Crippen molar-refractivity contribution in [2.24, 2.45) is 5.92 Å². The van der Waals surface area contributed by atoms with Gasteiger partial charge < -0.3 is 10.0 Å². The van der Waals surface area contributed by atoms with Crippen molar-refractivity contribution in [2.45, 2.75) is 43.9 Å². The summed E-state index contributed by atoms with van der Waals surface area (Å²) in [4.78, 5) is 25.9. The summed E-state index contributed by atoms with van der Waals surface area (Å²) in [5.74, 6) is -2.72. The monoisotopic (exact) mass is 337 g/mol. The summed E-state index contributed by atoms with van der Waals surface area (Å²) in [5.41, 5.74) is -0.667. The van der Waals surface area contributed by atoms with Crippen LogP contribution < -0.4 is 0 Å². The number of aliphatic carboxylic acids is 1. The van der Waals surface area contributed by atoms with Crippen molar-refractivity contribution in [3.63, 3.8) is 0 Å².